The van der Waals surface area contributed by atoms with Crippen molar-refractivity contribution < 1.29 is 9.18 Å². The Morgan fingerprint density at radius 3 is 2.63 bits per heavy atom. The van der Waals surface area contributed by atoms with Crippen molar-refractivity contribution in [3.8, 4) is 0 Å². The van der Waals surface area contributed by atoms with E-state index in [0.29, 0.717) is 12.0 Å². The number of rotatable bonds is 3. The first kappa shape index (κ1) is 15.1. The van der Waals surface area contributed by atoms with Gasteiger partial charge in [-0.05, 0) is 31.5 Å². The maximum absolute atomic E-state index is 13.6. The third kappa shape index (κ3) is 2.76. The summed E-state index contributed by atoms with van der Waals surface area (Å²) in [6, 6.07) is 4.64. The van der Waals surface area contributed by atoms with Gasteiger partial charge in [-0.25, -0.2) is 4.39 Å². The van der Waals surface area contributed by atoms with Crippen LogP contribution in [0.2, 0.25) is 0 Å². The van der Waals surface area contributed by atoms with Crippen LogP contribution in [0.15, 0.2) is 22.7 Å². The number of alkyl halides is 2. The molecule has 2 rings (SSSR count). The van der Waals surface area contributed by atoms with Crippen molar-refractivity contribution in [3.63, 3.8) is 0 Å². The van der Waals surface area contributed by atoms with Gasteiger partial charge in [-0.15, -0.1) is 23.2 Å². The Morgan fingerprint density at radius 2 is 2.11 bits per heavy atom. The molecule has 1 unspecified atom stereocenters. The van der Waals surface area contributed by atoms with E-state index in [-0.39, 0.29) is 18.3 Å². The Bertz CT molecular complexity index is 537. The fourth-order valence-corrected chi connectivity index (χ4v) is 3.15. The van der Waals surface area contributed by atoms with E-state index < -0.39 is 9.75 Å². The summed E-state index contributed by atoms with van der Waals surface area (Å²) < 4.78 is 13.4. The zero-order chi connectivity index (χ0) is 14.4. The first-order chi connectivity index (χ1) is 8.67. The molecule has 0 N–H and O–H groups in total. The first-order valence-electron chi connectivity index (χ1n) is 5.75. The summed E-state index contributed by atoms with van der Waals surface area (Å²) in [5, 5.41) is 0. The molecule has 0 aromatic heterocycles. The average Bonchev–Trinajstić information content (AvgIpc) is 2.83. The molecule has 0 bridgehead atoms. The van der Waals surface area contributed by atoms with E-state index in [9.17, 15) is 9.18 Å². The Labute approximate surface area is 130 Å². The number of nitrogens with zero attached hydrogens (tertiary/aromatic N) is 1. The van der Waals surface area contributed by atoms with Crippen molar-refractivity contribution in [2.45, 2.75) is 24.2 Å². The van der Waals surface area contributed by atoms with Crippen molar-refractivity contribution in [3.05, 3.63) is 34.1 Å². The molecule has 0 spiro atoms. The molecule has 0 heterocycles. The second-order valence-corrected chi connectivity index (χ2v) is 7.51. The van der Waals surface area contributed by atoms with Gasteiger partial charge in [0, 0.05) is 23.6 Å². The van der Waals surface area contributed by atoms with E-state index in [1.807, 2.05) is 0 Å². The highest BCUT2D eigenvalue weighted by Crippen LogP contribution is 2.64. The van der Waals surface area contributed by atoms with Gasteiger partial charge in [-0.3, -0.25) is 4.79 Å². The summed E-state index contributed by atoms with van der Waals surface area (Å²) in [5.41, 5.74) is -0.322. The van der Waals surface area contributed by atoms with E-state index in [4.69, 9.17) is 23.2 Å². The van der Waals surface area contributed by atoms with Crippen molar-refractivity contribution in [2.75, 3.05) is 7.05 Å². The predicted molar refractivity (Wildman–Crippen MR) is 77.7 cm³/mol. The molecule has 1 fully saturated rings. The van der Waals surface area contributed by atoms with Gasteiger partial charge in [0.05, 0.1) is 5.41 Å². The van der Waals surface area contributed by atoms with Crippen molar-refractivity contribution in [1.29, 1.82) is 0 Å². The fraction of sp³-hybridized carbons (Fsp3) is 0.462. The molecule has 0 radical (unpaired) electrons. The van der Waals surface area contributed by atoms with Gasteiger partial charge in [0.1, 0.15) is 10.2 Å². The minimum atomic E-state index is -1.01. The molecule has 1 aromatic carbocycles. The average molecular weight is 369 g/mol. The Balaban J connectivity index is 2.12. The van der Waals surface area contributed by atoms with Crippen LogP contribution in [0, 0.1) is 11.2 Å². The molecule has 1 aromatic rings. The quantitative estimate of drug-likeness (QED) is 0.734. The Kier molecular flexibility index (Phi) is 3.89. The van der Waals surface area contributed by atoms with Gasteiger partial charge in [-0.2, -0.15) is 0 Å². The first-order valence-corrected chi connectivity index (χ1v) is 7.29. The molecule has 104 valence electrons. The number of halogens is 4. The SMILES string of the molecule is CN(Cc1cc(Br)ccc1F)C(=O)C1(C)CC1(Cl)Cl. The van der Waals surface area contributed by atoms with E-state index >= 15 is 0 Å². The second kappa shape index (κ2) is 4.90. The third-order valence-electron chi connectivity index (χ3n) is 3.49. The van der Waals surface area contributed by atoms with E-state index in [1.165, 1.54) is 11.0 Å². The summed E-state index contributed by atoms with van der Waals surface area (Å²) in [5.74, 6) is -0.510. The normalized spacial score (nSPS) is 24.1. The fourth-order valence-electron chi connectivity index (χ4n) is 2.04. The molecule has 1 aliphatic carbocycles. The number of carbonyl (C=O) groups excluding carboxylic acids is 1. The summed E-state index contributed by atoms with van der Waals surface area (Å²) in [6.45, 7) is 1.91. The van der Waals surface area contributed by atoms with Gasteiger partial charge >= 0.3 is 0 Å². The topological polar surface area (TPSA) is 20.3 Å². The van der Waals surface area contributed by atoms with Gasteiger partial charge in [-0.1, -0.05) is 15.9 Å². The number of carbonyl (C=O) groups is 1. The monoisotopic (exact) mass is 367 g/mol. The minimum Gasteiger partial charge on any atom is -0.341 e. The summed E-state index contributed by atoms with van der Waals surface area (Å²) in [6.07, 6.45) is 0.424. The molecular weight excluding hydrogens is 356 g/mol. The Morgan fingerprint density at radius 1 is 1.53 bits per heavy atom. The number of hydrogen-bond donors (Lipinski definition) is 0. The standard InChI is InChI=1S/C13H13BrCl2FNO/c1-12(7-13(12,15)16)11(19)18(2)6-8-5-9(14)3-4-10(8)17/h3-5H,6-7H2,1-2H3. The second-order valence-electron chi connectivity index (χ2n) is 5.11. The summed E-state index contributed by atoms with van der Waals surface area (Å²) in [4.78, 5) is 13.7. The summed E-state index contributed by atoms with van der Waals surface area (Å²) in [7, 11) is 1.62. The van der Waals surface area contributed by atoms with Gasteiger partial charge in [0.2, 0.25) is 5.91 Å². The highest BCUT2D eigenvalue weighted by Gasteiger charge is 2.68. The highest BCUT2D eigenvalue weighted by molar-refractivity contribution is 9.10. The van der Waals surface area contributed by atoms with Crippen molar-refractivity contribution in [1.82, 2.24) is 4.90 Å². The van der Waals surface area contributed by atoms with E-state index in [2.05, 4.69) is 15.9 Å². The number of benzene rings is 1. The lowest BCUT2D eigenvalue weighted by atomic mass is 10.1. The van der Waals surface area contributed by atoms with Gasteiger partial charge in [0.25, 0.3) is 0 Å². The molecular formula is C13H13BrCl2FNO. The zero-order valence-corrected chi connectivity index (χ0v) is 13.6. The van der Waals surface area contributed by atoms with Crippen LogP contribution < -0.4 is 0 Å². The van der Waals surface area contributed by atoms with Crippen LogP contribution in [0.5, 0.6) is 0 Å². The van der Waals surface area contributed by atoms with Crippen LogP contribution in [0.3, 0.4) is 0 Å². The maximum Gasteiger partial charge on any atom is 0.231 e. The molecule has 0 aliphatic heterocycles. The molecule has 1 atom stereocenters. The lowest BCUT2D eigenvalue weighted by Crippen LogP contribution is -2.35. The van der Waals surface area contributed by atoms with Crippen LogP contribution >= 0.6 is 39.1 Å². The lowest BCUT2D eigenvalue weighted by Gasteiger charge is -2.22. The molecule has 2 nitrogen and oxygen atoms in total. The Hall–Kier alpha value is -0.320. The zero-order valence-electron chi connectivity index (χ0n) is 10.5. The van der Waals surface area contributed by atoms with Gasteiger partial charge in [0.15, 0.2) is 0 Å². The molecule has 1 amide bonds. The lowest BCUT2D eigenvalue weighted by molar-refractivity contribution is -0.135. The van der Waals surface area contributed by atoms with Crippen LogP contribution in [0.4, 0.5) is 4.39 Å². The minimum absolute atomic E-state index is 0.170. The van der Waals surface area contributed by atoms with Crippen molar-refractivity contribution in [2.24, 2.45) is 5.41 Å². The molecule has 1 saturated carbocycles. The maximum atomic E-state index is 13.6. The summed E-state index contributed by atoms with van der Waals surface area (Å²) >= 11 is 15.2. The largest absolute Gasteiger partial charge is 0.341 e. The van der Waals surface area contributed by atoms with Gasteiger partial charge < -0.3 is 4.90 Å². The molecule has 1 aliphatic rings. The van der Waals surface area contributed by atoms with Crippen LogP contribution in [-0.4, -0.2) is 22.2 Å². The molecule has 19 heavy (non-hydrogen) atoms. The third-order valence-corrected chi connectivity index (χ3v) is 5.09. The smallest absolute Gasteiger partial charge is 0.231 e. The molecule has 0 saturated heterocycles. The highest BCUT2D eigenvalue weighted by atomic mass is 79.9. The molecule has 6 heteroatoms. The van der Waals surface area contributed by atoms with E-state index in [0.717, 1.165) is 4.47 Å². The van der Waals surface area contributed by atoms with Crippen LogP contribution in [-0.2, 0) is 11.3 Å². The number of amides is 1. The predicted octanol–water partition coefficient (Wildman–Crippen LogP) is 4.13. The van der Waals surface area contributed by atoms with Crippen LogP contribution in [0.1, 0.15) is 18.9 Å². The van der Waals surface area contributed by atoms with E-state index in [1.54, 1.807) is 26.1 Å². The number of hydrogen-bond acceptors (Lipinski definition) is 1. The van der Waals surface area contributed by atoms with Crippen LogP contribution in [0.25, 0.3) is 0 Å². The van der Waals surface area contributed by atoms with Crippen molar-refractivity contribution >= 4 is 45.0 Å².